The standard InChI is InChI=1S/C2H6O6S2/c1-9(3,4)7-8-10(2,5)6/h1-2H3. The van der Waals surface area contributed by atoms with E-state index in [-0.39, 0.29) is 0 Å². The molecule has 0 aliphatic carbocycles. The zero-order valence-electron chi connectivity index (χ0n) is 5.27. The minimum Gasteiger partial charge on any atom is -0.197 e. The van der Waals surface area contributed by atoms with Crippen molar-refractivity contribution in [1.82, 2.24) is 0 Å². The van der Waals surface area contributed by atoms with Crippen LogP contribution in [0.15, 0.2) is 0 Å². The minimum atomic E-state index is -3.86. The highest BCUT2D eigenvalue weighted by Crippen LogP contribution is 1.93. The molecule has 0 radical (unpaired) electrons. The molecule has 0 aliphatic heterocycles. The number of hydrogen-bond acceptors (Lipinski definition) is 6. The summed E-state index contributed by atoms with van der Waals surface area (Å²) >= 11 is 0. The molecule has 0 amide bonds. The quantitative estimate of drug-likeness (QED) is 0.412. The zero-order valence-corrected chi connectivity index (χ0v) is 6.90. The van der Waals surface area contributed by atoms with Crippen molar-refractivity contribution in [3.05, 3.63) is 0 Å². The van der Waals surface area contributed by atoms with Crippen LogP contribution < -0.4 is 0 Å². The molecule has 0 N–H and O–H groups in total. The first kappa shape index (κ1) is 9.82. The molecule has 0 aliphatic rings. The minimum absolute atomic E-state index is 0.665. The fraction of sp³-hybridized carbons (Fsp3) is 1.00. The van der Waals surface area contributed by atoms with E-state index in [2.05, 4.69) is 8.67 Å². The molecule has 0 saturated carbocycles. The predicted molar refractivity (Wildman–Crippen MR) is 31.9 cm³/mol. The van der Waals surface area contributed by atoms with Crippen molar-refractivity contribution in [2.24, 2.45) is 0 Å². The van der Waals surface area contributed by atoms with E-state index >= 15 is 0 Å². The summed E-state index contributed by atoms with van der Waals surface area (Å²) in [5, 5.41) is 0. The van der Waals surface area contributed by atoms with Crippen LogP contribution in [0.3, 0.4) is 0 Å². The Balaban J connectivity index is 4.05. The van der Waals surface area contributed by atoms with Crippen LogP contribution in [-0.4, -0.2) is 29.3 Å². The monoisotopic (exact) mass is 190 g/mol. The van der Waals surface area contributed by atoms with Crippen LogP contribution in [-0.2, 0) is 28.9 Å². The van der Waals surface area contributed by atoms with E-state index in [4.69, 9.17) is 0 Å². The Morgan fingerprint density at radius 3 is 1.10 bits per heavy atom. The van der Waals surface area contributed by atoms with Gasteiger partial charge in [0, 0.05) is 0 Å². The van der Waals surface area contributed by atoms with Crippen LogP contribution in [0.1, 0.15) is 0 Å². The molecule has 6 nitrogen and oxygen atoms in total. The molecule has 0 saturated heterocycles. The van der Waals surface area contributed by atoms with E-state index < -0.39 is 20.2 Å². The van der Waals surface area contributed by atoms with E-state index in [1.54, 1.807) is 0 Å². The van der Waals surface area contributed by atoms with Crippen molar-refractivity contribution in [1.29, 1.82) is 0 Å². The molecule has 0 fully saturated rings. The second-order valence-corrected chi connectivity index (χ2v) is 4.63. The van der Waals surface area contributed by atoms with E-state index in [1.807, 2.05) is 0 Å². The van der Waals surface area contributed by atoms with Gasteiger partial charge < -0.3 is 0 Å². The lowest BCUT2D eigenvalue weighted by molar-refractivity contribution is -0.0832. The molecule has 0 aromatic heterocycles. The Hall–Kier alpha value is -0.180. The van der Waals surface area contributed by atoms with Crippen molar-refractivity contribution < 1.29 is 25.5 Å². The summed E-state index contributed by atoms with van der Waals surface area (Å²) in [6.07, 6.45) is 1.33. The topological polar surface area (TPSA) is 86.7 Å². The normalized spacial score (nSPS) is 13.4. The highest BCUT2D eigenvalue weighted by molar-refractivity contribution is 7.88. The van der Waals surface area contributed by atoms with E-state index in [1.165, 1.54) is 0 Å². The van der Waals surface area contributed by atoms with Gasteiger partial charge in [-0.05, 0) is 0 Å². The van der Waals surface area contributed by atoms with E-state index in [0.29, 0.717) is 12.5 Å². The van der Waals surface area contributed by atoms with Gasteiger partial charge in [0.2, 0.25) is 0 Å². The molecule has 0 spiro atoms. The van der Waals surface area contributed by atoms with Gasteiger partial charge >= 0.3 is 0 Å². The molecular weight excluding hydrogens is 184 g/mol. The Labute approximate surface area is 58.9 Å². The summed E-state index contributed by atoms with van der Waals surface area (Å²) < 4.78 is 47.2. The first-order chi connectivity index (χ1) is 4.21. The Morgan fingerprint density at radius 2 is 1.00 bits per heavy atom. The Morgan fingerprint density at radius 1 is 0.800 bits per heavy atom. The second kappa shape index (κ2) is 2.82. The van der Waals surface area contributed by atoms with E-state index in [9.17, 15) is 16.8 Å². The lowest BCUT2D eigenvalue weighted by Crippen LogP contribution is -2.09. The SMILES string of the molecule is CS(=O)(=O)OOS(C)(=O)=O. The van der Waals surface area contributed by atoms with Crippen LogP contribution >= 0.6 is 0 Å². The largest absolute Gasteiger partial charge is 0.291 e. The maximum atomic E-state index is 10.1. The molecule has 0 heterocycles. The van der Waals surface area contributed by atoms with Gasteiger partial charge in [-0.2, -0.15) is 16.8 Å². The van der Waals surface area contributed by atoms with Crippen molar-refractivity contribution >= 4 is 20.2 Å². The maximum Gasteiger partial charge on any atom is 0.291 e. The van der Waals surface area contributed by atoms with Crippen molar-refractivity contribution in [3.8, 4) is 0 Å². The van der Waals surface area contributed by atoms with Gasteiger partial charge in [-0.1, -0.05) is 8.67 Å². The van der Waals surface area contributed by atoms with Crippen molar-refractivity contribution in [3.63, 3.8) is 0 Å². The summed E-state index contributed by atoms with van der Waals surface area (Å²) in [7, 11) is -7.72. The van der Waals surface area contributed by atoms with Crippen molar-refractivity contribution in [2.45, 2.75) is 0 Å². The Kier molecular flexibility index (Phi) is 2.77. The molecule has 0 bridgehead atoms. The van der Waals surface area contributed by atoms with Crippen LogP contribution in [0.5, 0.6) is 0 Å². The van der Waals surface area contributed by atoms with Gasteiger partial charge in [0.25, 0.3) is 20.2 Å². The average molecular weight is 190 g/mol. The molecular formula is C2H6O6S2. The van der Waals surface area contributed by atoms with Gasteiger partial charge in [-0.3, -0.25) is 0 Å². The first-order valence-corrected chi connectivity index (χ1v) is 5.62. The molecule has 10 heavy (non-hydrogen) atoms. The van der Waals surface area contributed by atoms with Gasteiger partial charge in [0.05, 0.1) is 12.5 Å². The van der Waals surface area contributed by atoms with Crippen LogP contribution in [0.4, 0.5) is 0 Å². The summed E-state index contributed by atoms with van der Waals surface area (Å²) in [4.78, 5) is 0. The van der Waals surface area contributed by atoms with Gasteiger partial charge in [-0.25, -0.2) is 0 Å². The fourth-order valence-electron chi connectivity index (χ4n) is 0.101. The third kappa shape index (κ3) is 7.82. The molecule has 0 unspecified atom stereocenters. The Bertz CT molecular complexity index is 250. The molecule has 0 aromatic carbocycles. The van der Waals surface area contributed by atoms with Gasteiger partial charge in [-0.15, -0.1) is 0 Å². The smallest absolute Gasteiger partial charge is 0.197 e. The number of hydrogen-bond donors (Lipinski definition) is 0. The lowest BCUT2D eigenvalue weighted by atomic mass is 12.0. The molecule has 8 heteroatoms. The molecule has 0 atom stereocenters. The molecule has 62 valence electrons. The van der Waals surface area contributed by atoms with Crippen LogP contribution in [0, 0.1) is 0 Å². The predicted octanol–water partition coefficient (Wildman–Crippen LogP) is -1.15. The first-order valence-electron chi connectivity index (χ1n) is 1.98. The lowest BCUT2D eigenvalue weighted by Gasteiger charge is -1.94. The number of rotatable bonds is 3. The zero-order chi connectivity index (χ0) is 8.41. The van der Waals surface area contributed by atoms with E-state index in [0.717, 1.165) is 0 Å². The highest BCUT2D eigenvalue weighted by atomic mass is 32.2. The summed E-state index contributed by atoms with van der Waals surface area (Å²) in [5.74, 6) is 0. The molecule has 0 aromatic rings. The second-order valence-electron chi connectivity index (χ2n) is 1.54. The highest BCUT2D eigenvalue weighted by Gasteiger charge is 2.09. The third-order valence-corrected chi connectivity index (χ3v) is 0.992. The average Bonchev–Trinajstić information content (AvgIpc) is 1.57. The fourth-order valence-corrected chi connectivity index (χ4v) is 0.908. The third-order valence-electron chi connectivity index (χ3n) is 0.275. The van der Waals surface area contributed by atoms with Crippen molar-refractivity contribution in [2.75, 3.05) is 12.5 Å². The summed E-state index contributed by atoms with van der Waals surface area (Å²) in [5.41, 5.74) is 0. The van der Waals surface area contributed by atoms with Gasteiger partial charge in [0.15, 0.2) is 0 Å². The maximum absolute atomic E-state index is 10.1. The summed E-state index contributed by atoms with van der Waals surface area (Å²) in [6.45, 7) is 0. The molecule has 0 rings (SSSR count). The summed E-state index contributed by atoms with van der Waals surface area (Å²) in [6, 6.07) is 0. The van der Waals surface area contributed by atoms with Crippen LogP contribution in [0.25, 0.3) is 0 Å². The van der Waals surface area contributed by atoms with Gasteiger partial charge in [0.1, 0.15) is 0 Å². The van der Waals surface area contributed by atoms with Crippen LogP contribution in [0.2, 0.25) is 0 Å².